The van der Waals surface area contributed by atoms with Crippen molar-refractivity contribution in [2.45, 2.75) is 65.7 Å². The molecule has 0 fully saturated rings. The minimum absolute atomic E-state index is 0.175. The summed E-state index contributed by atoms with van der Waals surface area (Å²) in [6.07, 6.45) is 5.70. The molecule has 20 heavy (non-hydrogen) atoms. The van der Waals surface area contributed by atoms with Crippen molar-refractivity contribution in [2.75, 3.05) is 0 Å². The van der Waals surface area contributed by atoms with Gasteiger partial charge in [0, 0.05) is 5.92 Å². The second-order valence-corrected chi connectivity index (χ2v) is 6.17. The van der Waals surface area contributed by atoms with E-state index in [-0.39, 0.29) is 5.92 Å². The van der Waals surface area contributed by atoms with Crippen LogP contribution >= 0.6 is 0 Å². The van der Waals surface area contributed by atoms with E-state index in [9.17, 15) is 0 Å². The predicted octanol–water partition coefficient (Wildman–Crippen LogP) is 5.71. The standard InChI is InChI=1S/C19H29N/c1-5-15(3)13-17-8-11-19(12-9-17)18(6-2)10-7-16(4)14-20/h8-9,11-12,15-16,18H,5-7,10,13H2,1-4H3. The Bertz CT molecular complexity index is 412. The van der Waals surface area contributed by atoms with Crippen LogP contribution in [-0.2, 0) is 6.42 Å². The summed E-state index contributed by atoms with van der Waals surface area (Å²) in [6, 6.07) is 11.5. The first-order valence-corrected chi connectivity index (χ1v) is 8.09. The van der Waals surface area contributed by atoms with Gasteiger partial charge in [0.2, 0.25) is 0 Å². The Hall–Kier alpha value is -1.29. The minimum Gasteiger partial charge on any atom is -0.198 e. The lowest BCUT2D eigenvalue weighted by atomic mass is 9.88. The number of rotatable bonds is 8. The zero-order valence-electron chi connectivity index (χ0n) is 13.5. The van der Waals surface area contributed by atoms with Crippen molar-refractivity contribution in [1.29, 1.82) is 5.26 Å². The maximum Gasteiger partial charge on any atom is 0.0652 e. The molecule has 0 amide bonds. The maximum absolute atomic E-state index is 8.88. The third kappa shape index (κ3) is 5.37. The van der Waals surface area contributed by atoms with Crippen LogP contribution in [0.15, 0.2) is 24.3 Å². The summed E-state index contributed by atoms with van der Waals surface area (Å²) in [4.78, 5) is 0. The summed E-state index contributed by atoms with van der Waals surface area (Å²) in [7, 11) is 0. The summed E-state index contributed by atoms with van der Waals surface area (Å²) < 4.78 is 0. The van der Waals surface area contributed by atoms with E-state index in [0.717, 1.165) is 25.2 Å². The molecular weight excluding hydrogens is 242 g/mol. The van der Waals surface area contributed by atoms with Crippen molar-refractivity contribution < 1.29 is 0 Å². The molecular formula is C19H29N. The van der Waals surface area contributed by atoms with E-state index in [4.69, 9.17) is 5.26 Å². The third-order valence-corrected chi connectivity index (χ3v) is 4.39. The molecule has 1 nitrogen and oxygen atoms in total. The molecule has 1 heteroatoms. The Labute approximate surface area is 125 Å². The zero-order valence-corrected chi connectivity index (χ0v) is 13.5. The van der Waals surface area contributed by atoms with E-state index in [1.165, 1.54) is 24.0 Å². The third-order valence-electron chi connectivity index (χ3n) is 4.39. The second-order valence-electron chi connectivity index (χ2n) is 6.17. The number of nitriles is 1. The molecule has 0 aliphatic carbocycles. The lowest BCUT2D eigenvalue weighted by molar-refractivity contribution is 0.525. The van der Waals surface area contributed by atoms with Gasteiger partial charge in [-0.25, -0.2) is 0 Å². The molecule has 1 aromatic rings. The number of hydrogen-bond donors (Lipinski definition) is 0. The Morgan fingerprint density at radius 3 is 2.15 bits per heavy atom. The number of hydrogen-bond acceptors (Lipinski definition) is 1. The van der Waals surface area contributed by atoms with Gasteiger partial charge in [-0.15, -0.1) is 0 Å². The Morgan fingerprint density at radius 2 is 1.65 bits per heavy atom. The van der Waals surface area contributed by atoms with Gasteiger partial charge in [0.05, 0.1) is 6.07 Å². The molecule has 0 spiro atoms. The van der Waals surface area contributed by atoms with Crippen LogP contribution < -0.4 is 0 Å². The second kappa shape index (κ2) is 8.80. The van der Waals surface area contributed by atoms with Crippen LogP contribution in [0, 0.1) is 23.2 Å². The van der Waals surface area contributed by atoms with Gasteiger partial charge in [-0.2, -0.15) is 5.26 Å². The Balaban J connectivity index is 2.63. The van der Waals surface area contributed by atoms with Gasteiger partial charge in [0.15, 0.2) is 0 Å². The molecule has 0 aromatic heterocycles. The SMILES string of the molecule is CCC(C)Cc1ccc(C(CC)CCC(C)C#N)cc1. The fourth-order valence-electron chi connectivity index (χ4n) is 2.59. The van der Waals surface area contributed by atoms with Crippen LogP contribution in [0.2, 0.25) is 0 Å². The van der Waals surface area contributed by atoms with Crippen molar-refractivity contribution in [1.82, 2.24) is 0 Å². The van der Waals surface area contributed by atoms with Gasteiger partial charge in [-0.1, -0.05) is 51.5 Å². The monoisotopic (exact) mass is 271 g/mol. The molecule has 0 saturated heterocycles. The largest absolute Gasteiger partial charge is 0.198 e. The topological polar surface area (TPSA) is 23.8 Å². The highest BCUT2D eigenvalue weighted by molar-refractivity contribution is 5.25. The molecule has 0 N–H and O–H groups in total. The van der Waals surface area contributed by atoms with E-state index in [1.54, 1.807) is 0 Å². The average molecular weight is 271 g/mol. The van der Waals surface area contributed by atoms with Crippen molar-refractivity contribution in [3.63, 3.8) is 0 Å². The smallest absolute Gasteiger partial charge is 0.0652 e. The fourth-order valence-corrected chi connectivity index (χ4v) is 2.59. The molecule has 3 atom stereocenters. The van der Waals surface area contributed by atoms with Gasteiger partial charge in [0.1, 0.15) is 0 Å². The highest BCUT2D eigenvalue weighted by Crippen LogP contribution is 2.27. The molecule has 3 unspecified atom stereocenters. The lowest BCUT2D eigenvalue weighted by Gasteiger charge is -2.17. The van der Waals surface area contributed by atoms with Crippen LogP contribution in [0.5, 0.6) is 0 Å². The predicted molar refractivity (Wildman–Crippen MR) is 86.6 cm³/mol. The average Bonchev–Trinajstić information content (AvgIpc) is 2.48. The summed E-state index contributed by atoms with van der Waals surface area (Å²) in [5.41, 5.74) is 2.88. The minimum atomic E-state index is 0.175. The lowest BCUT2D eigenvalue weighted by Crippen LogP contribution is -2.02. The molecule has 0 saturated carbocycles. The molecule has 0 aliphatic rings. The van der Waals surface area contributed by atoms with Crippen LogP contribution in [0.25, 0.3) is 0 Å². The highest BCUT2D eigenvalue weighted by atomic mass is 14.3. The van der Waals surface area contributed by atoms with Crippen LogP contribution in [0.1, 0.15) is 70.4 Å². The van der Waals surface area contributed by atoms with E-state index in [0.29, 0.717) is 5.92 Å². The van der Waals surface area contributed by atoms with Crippen LogP contribution in [0.4, 0.5) is 0 Å². The zero-order chi connectivity index (χ0) is 15.0. The maximum atomic E-state index is 8.88. The number of nitrogens with zero attached hydrogens (tertiary/aromatic N) is 1. The van der Waals surface area contributed by atoms with E-state index < -0.39 is 0 Å². The van der Waals surface area contributed by atoms with Crippen molar-refractivity contribution >= 4 is 0 Å². The van der Waals surface area contributed by atoms with Gasteiger partial charge in [-0.3, -0.25) is 0 Å². The molecule has 1 rings (SSSR count). The van der Waals surface area contributed by atoms with Gasteiger partial charge >= 0.3 is 0 Å². The summed E-state index contributed by atoms with van der Waals surface area (Å²) in [5.74, 6) is 1.54. The molecule has 1 aromatic carbocycles. The van der Waals surface area contributed by atoms with Gasteiger partial charge in [-0.05, 0) is 55.6 Å². The van der Waals surface area contributed by atoms with Gasteiger partial charge < -0.3 is 0 Å². The summed E-state index contributed by atoms with van der Waals surface area (Å²) >= 11 is 0. The van der Waals surface area contributed by atoms with Crippen molar-refractivity contribution in [2.24, 2.45) is 11.8 Å². The van der Waals surface area contributed by atoms with Crippen molar-refractivity contribution in [3.05, 3.63) is 35.4 Å². The Kier molecular flexibility index (Phi) is 7.37. The van der Waals surface area contributed by atoms with Crippen LogP contribution in [-0.4, -0.2) is 0 Å². The molecule has 0 heterocycles. The normalized spacial score (nSPS) is 15.3. The number of benzene rings is 1. The molecule has 0 radical (unpaired) electrons. The quantitative estimate of drug-likeness (QED) is 0.594. The molecule has 0 bridgehead atoms. The van der Waals surface area contributed by atoms with Gasteiger partial charge in [0.25, 0.3) is 0 Å². The van der Waals surface area contributed by atoms with E-state index in [2.05, 4.69) is 51.1 Å². The van der Waals surface area contributed by atoms with Crippen molar-refractivity contribution in [3.8, 4) is 6.07 Å². The molecule has 0 aliphatic heterocycles. The summed E-state index contributed by atoms with van der Waals surface area (Å²) in [6.45, 7) is 8.82. The first-order chi connectivity index (χ1) is 9.60. The summed E-state index contributed by atoms with van der Waals surface area (Å²) in [5, 5.41) is 8.88. The Morgan fingerprint density at radius 1 is 1.00 bits per heavy atom. The van der Waals surface area contributed by atoms with E-state index in [1.807, 2.05) is 6.92 Å². The van der Waals surface area contributed by atoms with E-state index >= 15 is 0 Å². The first kappa shape index (κ1) is 16.8. The molecule has 110 valence electrons. The first-order valence-electron chi connectivity index (χ1n) is 8.09. The highest BCUT2D eigenvalue weighted by Gasteiger charge is 2.11. The van der Waals surface area contributed by atoms with Crippen LogP contribution in [0.3, 0.4) is 0 Å². The fraction of sp³-hybridized carbons (Fsp3) is 0.632.